The third kappa shape index (κ3) is 3.84. The van der Waals surface area contributed by atoms with Gasteiger partial charge in [-0.3, -0.25) is 9.59 Å². The van der Waals surface area contributed by atoms with E-state index in [4.69, 9.17) is 14.2 Å². The fourth-order valence-electron chi connectivity index (χ4n) is 3.92. The lowest BCUT2D eigenvalue weighted by Crippen LogP contribution is -2.45. The summed E-state index contributed by atoms with van der Waals surface area (Å²) in [6.45, 7) is 0.953. The average Bonchev–Trinajstić information content (AvgIpc) is 2.83. The second kappa shape index (κ2) is 9.04. The molecule has 0 radical (unpaired) electrons. The van der Waals surface area contributed by atoms with E-state index in [0.29, 0.717) is 63.2 Å². The molecule has 0 unspecified atom stereocenters. The maximum Gasteiger partial charge on any atom is 0.307 e. The van der Waals surface area contributed by atoms with Crippen LogP contribution in [-0.2, 0) is 10.9 Å². The molecule has 1 aliphatic rings. The smallest absolute Gasteiger partial charge is 0.307 e. The van der Waals surface area contributed by atoms with Crippen LogP contribution in [-0.4, -0.2) is 66.8 Å². The van der Waals surface area contributed by atoms with E-state index >= 15 is 0 Å². The van der Waals surface area contributed by atoms with Crippen LogP contribution in [0, 0.1) is 0 Å². The van der Waals surface area contributed by atoms with Gasteiger partial charge in [-0.2, -0.15) is 0 Å². The number of fused-ring (bicyclic) bond motifs is 1. The minimum Gasteiger partial charge on any atom is -0.503 e. The number of hydrogen-bond donors (Lipinski definition) is 2. The number of pyridine rings is 1. The lowest BCUT2D eigenvalue weighted by molar-refractivity contribution is 0.0770. The van der Waals surface area contributed by atoms with Gasteiger partial charge < -0.3 is 29.2 Å². The summed E-state index contributed by atoms with van der Waals surface area (Å²) in [4.78, 5) is 30.8. The fourth-order valence-corrected chi connectivity index (χ4v) is 6.11. The molecule has 4 rings (SSSR count). The van der Waals surface area contributed by atoms with Crippen molar-refractivity contribution in [3.8, 4) is 23.0 Å². The van der Waals surface area contributed by atoms with E-state index in [-0.39, 0.29) is 17.2 Å². The molecular weight excluding hydrogens is 432 g/mol. The number of rotatable bonds is 5. The zero-order valence-electron chi connectivity index (χ0n) is 18.1. The van der Waals surface area contributed by atoms with E-state index < -0.39 is 10.9 Å². The van der Waals surface area contributed by atoms with Crippen molar-refractivity contribution < 1.29 is 24.1 Å². The van der Waals surface area contributed by atoms with E-state index in [0.717, 1.165) is 0 Å². The van der Waals surface area contributed by atoms with E-state index in [1.54, 1.807) is 29.2 Å². The topological polar surface area (TPSA) is 101 Å². The van der Waals surface area contributed by atoms with Gasteiger partial charge in [0.2, 0.25) is 5.75 Å². The summed E-state index contributed by atoms with van der Waals surface area (Å²) in [7, 11) is 4.07. The SMILES string of the molecule is COc1cc(C(=O)N2CC[S+](c3c(O)c4ccccc4[nH]c3=O)CC2)cc(OC)c1OC. The van der Waals surface area contributed by atoms with Crippen LogP contribution in [0.2, 0.25) is 0 Å². The van der Waals surface area contributed by atoms with Gasteiger partial charge in [0.05, 0.1) is 39.9 Å². The van der Waals surface area contributed by atoms with Crippen LogP contribution in [0.4, 0.5) is 0 Å². The van der Waals surface area contributed by atoms with Gasteiger partial charge in [0.25, 0.3) is 10.8 Å². The Balaban J connectivity index is 1.55. The molecule has 168 valence electrons. The Morgan fingerprint density at radius 2 is 1.66 bits per heavy atom. The zero-order chi connectivity index (χ0) is 22.8. The second-order valence-electron chi connectivity index (χ2n) is 7.28. The van der Waals surface area contributed by atoms with Crippen LogP contribution in [0.5, 0.6) is 23.0 Å². The summed E-state index contributed by atoms with van der Waals surface area (Å²) in [6.07, 6.45) is 0. The molecule has 0 spiro atoms. The van der Waals surface area contributed by atoms with Gasteiger partial charge in [0.15, 0.2) is 17.2 Å². The molecule has 1 amide bonds. The Hall–Kier alpha value is -3.33. The molecule has 0 bridgehead atoms. The molecule has 1 saturated heterocycles. The van der Waals surface area contributed by atoms with Crippen LogP contribution in [0.15, 0.2) is 46.1 Å². The van der Waals surface area contributed by atoms with Gasteiger partial charge in [0, 0.05) is 21.8 Å². The molecule has 2 aromatic carbocycles. The van der Waals surface area contributed by atoms with Gasteiger partial charge in [-0.1, -0.05) is 12.1 Å². The molecule has 32 heavy (non-hydrogen) atoms. The summed E-state index contributed by atoms with van der Waals surface area (Å²) >= 11 is 0. The molecule has 8 nitrogen and oxygen atoms in total. The second-order valence-corrected chi connectivity index (χ2v) is 9.50. The molecule has 1 fully saturated rings. The number of aromatic nitrogens is 1. The van der Waals surface area contributed by atoms with E-state index in [2.05, 4.69) is 4.98 Å². The van der Waals surface area contributed by atoms with Gasteiger partial charge in [-0.25, -0.2) is 0 Å². The third-order valence-corrected chi connectivity index (χ3v) is 7.86. The Kier molecular flexibility index (Phi) is 6.18. The minimum atomic E-state index is -0.455. The predicted molar refractivity (Wildman–Crippen MR) is 124 cm³/mol. The van der Waals surface area contributed by atoms with E-state index in [9.17, 15) is 14.7 Å². The minimum absolute atomic E-state index is 0.0390. The number of para-hydroxylation sites is 1. The first-order chi connectivity index (χ1) is 15.5. The van der Waals surface area contributed by atoms with Crippen molar-refractivity contribution in [2.45, 2.75) is 4.90 Å². The largest absolute Gasteiger partial charge is 0.503 e. The number of amides is 1. The number of aromatic hydroxyl groups is 1. The molecule has 3 aromatic rings. The van der Waals surface area contributed by atoms with Crippen molar-refractivity contribution >= 4 is 27.7 Å². The zero-order valence-corrected chi connectivity index (χ0v) is 19.0. The Morgan fingerprint density at radius 1 is 1.03 bits per heavy atom. The Labute approximate surface area is 188 Å². The first-order valence-electron chi connectivity index (χ1n) is 10.1. The van der Waals surface area contributed by atoms with Crippen molar-refractivity contribution in [2.24, 2.45) is 0 Å². The van der Waals surface area contributed by atoms with Crippen molar-refractivity contribution in [1.82, 2.24) is 9.88 Å². The predicted octanol–water partition coefficient (Wildman–Crippen LogP) is 2.39. The lowest BCUT2D eigenvalue weighted by Gasteiger charge is -2.27. The highest BCUT2D eigenvalue weighted by Crippen LogP contribution is 2.38. The first-order valence-corrected chi connectivity index (χ1v) is 11.7. The Morgan fingerprint density at radius 3 is 2.25 bits per heavy atom. The van der Waals surface area contributed by atoms with Gasteiger partial charge in [-0.15, -0.1) is 0 Å². The highest BCUT2D eigenvalue weighted by molar-refractivity contribution is 7.97. The lowest BCUT2D eigenvalue weighted by atomic mass is 10.1. The van der Waals surface area contributed by atoms with Crippen molar-refractivity contribution in [2.75, 3.05) is 45.9 Å². The number of nitrogens with zero attached hydrogens (tertiary/aromatic N) is 1. The van der Waals surface area contributed by atoms with Crippen LogP contribution >= 0.6 is 0 Å². The van der Waals surface area contributed by atoms with E-state index in [1.165, 1.54) is 21.3 Å². The average molecular weight is 458 g/mol. The van der Waals surface area contributed by atoms with Crippen LogP contribution in [0.3, 0.4) is 0 Å². The van der Waals surface area contributed by atoms with Gasteiger partial charge >= 0.3 is 5.56 Å². The number of H-pyrrole nitrogens is 1. The maximum atomic E-state index is 13.1. The molecule has 0 atom stereocenters. The molecule has 0 saturated carbocycles. The number of nitrogens with one attached hydrogen (secondary N) is 1. The molecular formula is C23H25N2O6S+. The molecule has 1 aromatic heterocycles. The van der Waals surface area contributed by atoms with Crippen molar-refractivity contribution in [3.63, 3.8) is 0 Å². The highest BCUT2D eigenvalue weighted by Gasteiger charge is 2.36. The number of carbonyl (C=O) groups excluding carboxylic acids is 1. The van der Waals surface area contributed by atoms with Gasteiger partial charge in [-0.05, 0) is 24.3 Å². The third-order valence-electron chi connectivity index (χ3n) is 5.55. The number of hydrogen-bond acceptors (Lipinski definition) is 6. The fraction of sp³-hybridized carbons (Fsp3) is 0.304. The summed E-state index contributed by atoms with van der Waals surface area (Å²) in [6, 6.07) is 10.5. The summed E-state index contributed by atoms with van der Waals surface area (Å²) < 4.78 is 16.0. The van der Waals surface area contributed by atoms with Gasteiger partial charge in [0.1, 0.15) is 11.5 Å². The molecule has 9 heteroatoms. The number of methoxy groups -OCH3 is 3. The van der Waals surface area contributed by atoms with E-state index in [1.807, 2.05) is 12.1 Å². The highest BCUT2D eigenvalue weighted by atomic mass is 32.2. The van der Waals surface area contributed by atoms with Crippen LogP contribution < -0.4 is 19.8 Å². The molecule has 0 aliphatic carbocycles. The summed E-state index contributed by atoms with van der Waals surface area (Å²) in [5.41, 5.74) is 0.778. The molecule has 2 N–H and O–H groups in total. The molecule has 2 heterocycles. The summed E-state index contributed by atoms with van der Waals surface area (Å²) in [5.74, 6) is 2.36. The quantitative estimate of drug-likeness (QED) is 0.571. The standard InChI is InChI=1S/C23H24N2O6S/c1-29-17-12-14(13-18(30-2)20(17)31-3)23(28)25-8-10-32(11-9-25)21-19(26)15-6-4-5-7-16(15)24-22(21)27/h4-7,12-13H,8-11H2,1-3H3,(H-,24,26,27)/p+1. The number of benzene rings is 2. The molecule has 1 aliphatic heterocycles. The van der Waals surface area contributed by atoms with Crippen LogP contribution in [0.25, 0.3) is 10.9 Å². The van der Waals surface area contributed by atoms with Crippen molar-refractivity contribution in [3.05, 3.63) is 52.3 Å². The Bertz CT molecular complexity index is 1190. The summed E-state index contributed by atoms with van der Waals surface area (Å²) in [5, 5.41) is 11.4. The maximum absolute atomic E-state index is 13.1. The number of carbonyl (C=O) groups is 1. The van der Waals surface area contributed by atoms with Crippen molar-refractivity contribution in [1.29, 1.82) is 0 Å². The van der Waals surface area contributed by atoms with Crippen LogP contribution in [0.1, 0.15) is 10.4 Å². The normalized spacial score (nSPS) is 14.4. The monoisotopic (exact) mass is 457 g/mol. The first kappa shape index (κ1) is 21.9. The number of aromatic amines is 1. The number of ether oxygens (including phenoxy) is 3.